The van der Waals surface area contributed by atoms with E-state index in [1.165, 1.54) is 17.2 Å². The van der Waals surface area contributed by atoms with Crippen molar-refractivity contribution in [1.82, 2.24) is 9.80 Å². The molecule has 2 heterocycles. The van der Waals surface area contributed by atoms with Crippen molar-refractivity contribution in [1.29, 1.82) is 0 Å². The Bertz CT molecular complexity index is 870. The highest BCUT2D eigenvalue weighted by molar-refractivity contribution is 6.15. The molecule has 0 spiro atoms. The molecular formula is C20H22N2O5. The van der Waals surface area contributed by atoms with Gasteiger partial charge < -0.3 is 24.1 Å². The maximum Gasteiger partial charge on any atom is 0.290 e. The normalized spacial score (nSPS) is 17.1. The summed E-state index contributed by atoms with van der Waals surface area (Å²) in [6.07, 6.45) is 1.38. The van der Waals surface area contributed by atoms with Crippen LogP contribution in [0.2, 0.25) is 0 Å². The largest absolute Gasteiger partial charge is 0.503 e. The maximum absolute atomic E-state index is 13.0. The van der Waals surface area contributed by atoms with Crippen molar-refractivity contribution >= 4 is 11.7 Å². The van der Waals surface area contributed by atoms with E-state index in [-0.39, 0.29) is 11.3 Å². The molecule has 1 aromatic carbocycles. The van der Waals surface area contributed by atoms with Crippen molar-refractivity contribution in [2.24, 2.45) is 0 Å². The number of aliphatic hydroxyl groups is 1. The first-order chi connectivity index (χ1) is 12.9. The lowest BCUT2D eigenvalue weighted by atomic mass is 9.95. The minimum atomic E-state index is -0.717. The third-order valence-corrected chi connectivity index (χ3v) is 4.49. The number of furan rings is 1. The van der Waals surface area contributed by atoms with E-state index in [1.807, 2.05) is 19.0 Å². The first-order valence-corrected chi connectivity index (χ1v) is 8.55. The third kappa shape index (κ3) is 3.59. The van der Waals surface area contributed by atoms with E-state index in [9.17, 15) is 14.7 Å². The standard InChI is InChI=1S/C20H22N2O5/c1-21(2)9-10-22-17(13-6-4-7-14(12-13)26-3)16(19(24)20(22)25)18(23)15-8-5-11-27-15/h4-8,11-12,17,24H,9-10H2,1-3H3/t17-/m1/s1. The monoisotopic (exact) mass is 370 g/mol. The van der Waals surface area contributed by atoms with E-state index < -0.39 is 23.5 Å². The van der Waals surface area contributed by atoms with E-state index in [4.69, 9.17) is 9.15 Å². The summed E-state index contributed by atoms with van der Waals surface area (Å²) in [5.74, 6) is -0.941. The van der Waals surface area contributed by atoms with Crippen molar-refractivity contribution in [2.75, 3.05) is 34.3 Å². The lowest BCUT2D eigenvalue weighted by Crippen LogP contribution is -2.36. The van der Waals surface area contributed by atoms with Crippen LogP contribution in [0.15, 0.2) is 58.4 Å². The van der Waals surface area contributed by atoms with Crippen molar-refractivity contribution in [2.45, 2.75) is 6.04 Å². The fourth-order valence-electron chi connectivity index (χ4n) is 3.12. The summed E-state index contributed by atoms with van der Waals surface area (Å²) in [5.41, 5.74) is 0.697. The van der Waals surface area contributed by atoms with Crippen LogP contribution in [-0.4, -0.2) is 60.9 Å². The van der Waals surface area contributed by atoms with Crippen LogP contribution in [-0.2, 0) is 4.79 Å². The minimum Gasteiger partial charge on any atom is -0.503 e. The van der Waals surface area contributed by atoms with E-state index >= 15 is 0 Å². The molecule has 142 valence electrons. The minimum absolute atomic E-state index is 0.0157. The second-order valence-electron chi connectivity index (χ2n) is 6.55. The van der Waals surface area contributed by atoms with Crippen LogP contribution in [0.1, 0.15) is 22.2 Å². The molecular weight excluding hydrogens is 348 g/mol. The number of methoxy groups -OCH3 is 1. The highest BCUT2D eigenvalue weighted by Gasteiger charge is 2.44. The summed E-state index contributed by atoms with van der Waals surface area (Å²) in [6.45, 7) is 0.939. The van der Waals surface area contributed by atoms with Crippen LogP contribution in [0.5, 0.6) is 5.75 Å². The number of aliphatic hydroxyl groups excluding tert-OH is 1. The van der Waals surface area contributed by atoms with E-state index in [0.29, 0.717) is 24.4 Å². The average Bonchev–Trinajstić information content (AvgIpc) is 3.28. The number of carbonyl (C=O) groups is 2. The Kier molecular flexibility index (Phi) is 5.32. The molecule has 7 nitrogen and oxygen atoms in total. The number of ketones is 1. The smallest absolute Gasteiger partial charge is 0.290 e. The zero-order valence-corrected chi connectivity index (χ0v) is 15.5. The number of amides is 1. The van der Waals surface area contributed by atoms with Crippen LogP contribution in [0, 0.1) is 0 Å². The second-order valence-corrected chi connectivity index (χ2v) is 6.55. The fraction of sp³-hybridized carbons (Fsp3) is 0.300. The van der Waals surface area contributed by atoms with Crippen molar-refractivity contribution in [3.63, 3.8) is 0 Å². The summed E-state index contributed by atoms with van der Waals surface area (Å²) in [5, 5.41) is 10.5. The maximum atomic E-state index is 13.0. The number of rotatable bonds is 7. The Labute approximate surface area is 157 Å². The molecule has 0 unspecified atom stereocenters. The fourth-order valence-corrected chi connectivity index (χ4v) is 3.12. The molecule has 0 aliphatic carbocycles. The number of hydrogen-bond donors (Lipinski definition) is 1. The van der Waals surface area contributed by atoms with Crippen molar-refractivity contribution in [3.05, 3.63) is 65.3 Å². The first-order valence-electron chi connectivity index (χ1n) is 8.55. The summed E-state index contributed by atoms with van der Waals surface area (Å²) in [6, 6.07) is 9.51. The molecule has 1 aliphatic heterocycles. The first kappa shape index (κ1) is 18.7. The van der Waals surface area contributed by atoms with Gasteiger partial charge in [-0.1, -0.05) is 12.1 Å². The predicted octanol–water partition coefficient (Wildman–Crippen LogP) is 2.43. The molecule has 1 aliphatic rings. The van der Waals surface area contributed by atoms with Gasteiger partial charge >= 0.3 is 0 Å². The van der Waals surface area contributed by atoms with Gasteiger partial charge in [-0.25, -0.2) is 0 Å². The molecule has 0 saturated heterocycles. The summed E-state index contributed by atoms with van der Waals surface area (Å²) in [7, 11) is 5.33. The molecule has 1 atom stereocenters. The van der Waals surface area contributed by atoms with E-state index in [1.54, 1.807) is 37.4 Å². The Morgan fingerprint density at radius 1 is 1.30 bits per heavy atom. The lowest BCUT2D eigenvalue weighted by molar-refractivity contribution is -0.129. The van der Waals surface area contributed by atoms with Crippen LogP contribution in [0.3, 0.4) is 0 Å². The number of Topliss-reactive ketones (excluding diaryl/α,β-unsaturated/α-hetero) is 1. The SMILES string of the molecule is COc1cccc([C@@H]2C(C(=O)c3ccco3)=C(O)C(=O)N2CCN(C)C)c1. The third-order valence-electron chi connectivity index (χ3n) is 4.49. The Morgan fingerprint density at radius 3 is 2.70 bits per heavy atom. The van der Waals surface area contributed by atoms with Crippen LogP contribution < -0.4 is 4.74 Å². The van der Waals surface area contributed by atoms with Crippen LogP contribution in [0.25, 0.3) is 0 Å². The van der Waals surface area contributed by atoms with Crippen molar-refractivity contribution in [3.8, 4) is 5.75 Å². The molecule has 1 amide bonds. The van der Waals surface area contributed by atoms with E-state index in [2.05, 4.69) is 0 Å². The zero-order valence-electron chi connectivity index (χ0n) is 15.5. The molecule has 2 aromatic rings. The number of carbonyl (C=O) groups excluding carboxylic acids is 2. The number of benzene rings is 1. The number of likely N-dealkylation sites (N-methyl/N-ethyl adjacent to an activating group) is 1. The summed E-state index contributed by atoms with van der Waals surface area (Å²) >= 11 is 0. The van der Waals surface area contributed by atoms with Gasteiger partial charge in [0.05, 0.1) is 25.0 Å². The van der Waals surface area contributed by atoms with Gasteiger partial charge in [0.25, 0.3) is 5.91 Å². The van der Waals surface area contributed by atoms with Gasteiger partial charge in [0.15, 0.2) is 11.5 Å². The van der Waals surface area contributed by atoms with Gasteiger partial charge in [-0.15, -0.1) is 0 Å². The number of hydrogen-bond acceptors (Lipinski definition) is 6. The van der Waals surface area contributed by atoms with Gasteiger partial charge in [-0.2, -0.15) is 0 Å². The van der Waals surface area contributed by atoms with Crippen LogP contribution >= 0.6 is 0 Å². The highest BCUT2D eigenvalue weighted by Crippen LogP contribution is 2.39. The molecule has 7 heteroatoms. The Hall–Kier alpha value is -3.06. The molecule has 3 rings (SSSR count). The molecule has 27 heavy (non-hydrogen) atoms. The Balaban J connectivity index is 2.07. The number of nitrogens with zero attached hydrogens (tertiary/aromatic N) is 2. The predicted molar refractivity (Wildman–Crippen MR) is 98.7 cm³/mol. The van der Waals surface area contributed by atoms with Gasteiger partial charge in [0.2, 0.25) is 5.78 Å². The topological polar surface area (TPSA) is 83.2 Å². The highest BCUT2D eigenvalue weighted by atomic mass is 16.5. The van der Waals surface area contributed by atoms with Crippen molar-refractivity contribution < 1.29 is 23.8 Å². The number of ether oxygens (including phenoxy) is 1. The molecule has 0 radical (unpaired) electrons. The molecule has 0 fully saturated rings. The summed E-state index contributed by atoms with van der Waals surface area (Å²) < 4.78 is 10.5. The summed E-state index contributed by atoms with van der Waals surface area (Å²) in [4.78, 5) is 29.1. The lowest BCUT2D eigenvalue weighted by Gasteiger charge is -2.28. The Morgan fingerprint density at radius 2 is 2.07 bits per heavy atom. The quantitative estimate of drug-likeness (QED) is 0.754. The van der Waals surface area contributed by atoms with Gasteiger partial charge in [0.1, 0.15) is 5.75 Å². The van der Waals surface area contributed by atoms with E-state index in [0.717, 1.165) is 0 Å². The molecule has 1 N–H and O–H groups in total. The van der Waals surface area contributed by atoms with Gasteiger partial charge in [-0.3, -0.25) is 9.59 Å². The molecule has 1 aromatic heterocycles. The van der Waals surface area contributed by atoms with Gasteiger partial charge in [0, 0.05) is 13.1 Å². The molecule has 0 bridgehead atoms. The van der Waals surface area contributed by atoms with Crippen LogP contribution in [0.4, 0.5) is 0 Å². The van der Waals surface area contributed by atoms with Gasteiger partial charge in [-0.05, 0) is 43.9 Å². The zero-order chi connectivity index (χ0) is 19.6. The average molecular weight is 370 g/mol. The second kappa shape index (κ2) is 7.67. The molecule has 0 saturated carbocycles.